The van der Waals surface area contributed by atoms with Gasteiger partial charge in [0.05, 0.1) is 0 Å². The zero-order valence-electron chi connectivity index (χ0n) is 8.30. The largest absolute Gasteiger partial charge is 0.306 e. The molecule has 0 aromatic rings. The van der Waals surface area contributed by atoms with Crippen molar-refractivity contribution in [3.8, 4) is 12.8 Å². The van der Waals surface area contributed by atoms with Gasteiger partial charge in [0.25, 0.3) is 0 Å². The van der Waals surface area contributed by atoms with Crippen LogP contribution in [0.1, 0.15) is 27.2 Å². The Kier molecular flexibility index (Phi) is 11.4. The van der Waals surface area contributed by atoms with E-state index in [1.165, 1.54) is 19.5 Å². The minimum atomic E-state index is 0.949. The van der Waals surface area contributed by atoms with E-state index in [-0.39, 0.29) is 0 Å². The van der Waals surface area contributed by atoms with E-state index in [1.807, 2.05) is 13.8 Å². The van der Waals surface area contributed by atoms with Gasteiger partial charge in [0.2, 0.25) is 0 Å². The first-order chi connectivity index (χ1) is 5.29. The highest BCUT2D eigenvalue weighted by Crippen LogP contribution is 2.11. The zero-order chi connectivity index (χ0) is 9.28. The smallest absolute Gasteiger partial charge is 0.000445 e. The summed E-state index contributed by atoms with van der Waals surface area (Å²) in [4.78, 5) is 2.38. The second-order valence-corrected chi connectivity index (χ2v) is 2.66. The zero-order valence-corrected chi connectivity index (χ0v) is 8.30. The minimum absolute atomic E-state index is 0.949. The monoisotopic (exact) mass is 155 g/mol. The molecule has 1 nitrogen and oxygen atoms in total. The standard InChI is InChI=1S/C6H13N.C2H6.C2H2/c1-6-3-4-7(2)5-6;2*1-2/h6H,3-5H2,1-2H3;1-2H3;1-2H/t6-;;/m0../s1. The quantitative estimate of drug-likeness (QED) is 0.485. The molecule has 0 aliphatic carbocycles. The van der Waals surface area contributed by atoms with Crippen molar-refractivity contribution in [3.63, 3.8) is 0 Å². The van der Waals surface area contributed by atoms with Crippen molar-refractivity contribution in [2.24, 2.45) is 5.92 Å². The van der Waals surface area contributed by atoms with Gasteiger partial charge in [0, 0.05) is 6.54 Å². The number of hydrogen-bond acceptors (Lipinski definition) is 1. The van der Waals surface area contributed by atoms with Crippen LogP contribution in [-0.4, -0.2) is 25.0 Å². The van der Waals surface area contributed by atoms with E-state index in [4.69, 9.17) is 0 Å². The number of terminal acetylenes is 1. The number of nitrogens with zero attached hydrogens (tertiary/aromatic N) is 1. The van der Waals surface area contributed by atoms with E-state index in [9.17, 15) is 0 Å². The van der Waals surface area contributed by atoms with Crippen LogP contribution in [-0.2, 0) is 0 Å². The first kappa shape index (κ1) is 13.1. The number of rotatable bonds is 0. The van der Waals surface area contributed by atoms with Crippen LogP contribution < -0.4 is 0 Å². The molecule has 11 heavy (non-hydrogen) atoms. The van der Waals surface area contributed by atoms with Crippen molar-refractivity contribution in [1.82, 2.24) is 4.90 Å². The Hall–Kier alpha value is -0.480. The first-order valence-electron chi connectivity index (χ1n) is 4.31. The fraction of sp³-hybridized carbons (Fsp3) is 0.800. The van der Waals surface area contributed by atoms with Gasteiger partial charge < -0.3 is 4.90 Å². The predicted octanol–water partition coefficient (Wildman–Crippen LogP) is 2.23. The topological polar surface area (TPSA) is 3.24 Å². The van der Waals surface area contributed by atoms with Crippen LogP contribution in [0.15, 0.2) is 0 Å². The summed E-state index contributed by atoms with van der Waals surface area (Å²) in [5.74, 6) is 0.949. The lowest BCUT2D eigenvalue weighted by molar-refractivity contribution is 0.402. The maximum Gasteiger partial charge on any atom is 0.000445 e. The average molecular weight is 155 g/mol. The highest BCUT2D eigenvalue weighted by atomic mass is 15.1. The summed E-state index contributed by atoms with van der Waals surface area (Å²) in [6, 6.07) is 0. The Bertz CT molecular complexity index is 78.1. The Labute approximate surface area is 71.8 Å². The Morgan fingerprint density at radius 3 is 1.82 bits per heavy atom. The molecule has 1 atom stereocenters. The van der Waals surface area contributed by atoms with Gasteiger partial charge >= 0.3 is 0 Å². The number of likely N-dealkylation sites (tertiary alicyclic amines) is 1. The molecule has 1 heterocycles. The van der Waals surface area contributed by atoms with E-state index in [0.29, 0.717) is 0 Å². The van der Waals surface area contributed by atoms with Gasteiger partial charge in [-0.3, -0.25) is 0 Å². The summed E-state index contributed by atoms with van der Waals surface area (Å²) in [5, 5.41) is 0. The Morgan fingerprint density at radius 1 is 1.27 bits per heavy atom. The van der Waals surface area contributed by atoms with Crippen LogP contribution in [0, 0.1) is 18.8 Å². The van der Waals surface area contributed by atoms with Gasteiger partial charge in [-0.05, 0) is 25.9 Å². The third-order valence-corrected chi connectivity index (χ3v) is 1.63. The summed E-state index contributed by atoms with van der Waals surface area (Å²) in [7, 11) is 2.18. The fourth-order valence-electron chi connectivity index (χ4n) is 1.16. The van der Waals surface area contributed by atoms with Gasteiger partial charge in [-0.2, -0.15) is 0 Å². The normalized spacial score (nSPS) is 22.5. The second-order valence-electron chi connectivity index (χ2n) is 2.66. The molecule has 0 saturated carbocycles. The van der Waals surface area contributed by atoms with E-state index >= 15 is 0 Å². The van der Waals surface area contributed by atoms with Gasteiger partial charge in [0.1, 0.15) is 0 Å². The molecule has 0 aromatic carbocycles. The molecule has 0 bridgehead atoms. The minimum Gasteiger partial charge on any atom is -0.306 e. The molecule has 1 aliphatic heterocycles. The lowest BCUT2D eigenvalue weighted by atomic mass is 10.2. The molecule has 0 spiro atoms. The molecule has 1 saturated heterocycles. The summed E-state index contributed by atoms with van der Waals surface area (Å²) in [5.41, 5.74) is 0. The van der Waals surface area contributed by atoms with Gasteiger partial charge in [-0.15, -0.1) is 12.8 Å². The van der Waals surface area contributed by atoms with Crippen LogP contribution in [0.2, 0.25) is 0 Å². The molecule has 0 amide bonds. The number of hydrogen-bond donors (Lipinski definition) is 0. The SMILES string of the molecule is C#C.CC.C[C@H]1CCN(C)C1. The van der Waals surface area contributed by atoms with E-state index in [0.717, 1.165) is 5.92 Å². The summed E-state index contributed by atoms with van der Waals surface area (Å²) in [6.07, 6.45) is 9.40. The van der Waals surface area contributed by atoms with E-state index < -0.39 is 0 Å². The maximum absolute atomic E-state index is 4.00. The highest BCUT2D eigenvalue weighted by Gasteiger charge is 2.13. The molecule has 1 fully saturated rings. The Morgan fingerprint density at radius 2 is 1.73 bits per heavy atom. The molecule has 1 heteroatoms. The molecule has 0 unspecified atom stereocenters. The highest BCUT2D eigenvalue weighted by molar-refractivity contribution is 4.67. The lowest BCUT2D eigenvalue weighted by Crippen LogP contribution is -2.12. The average Bonchev–Trinajstić information content (AvgIpc) is 2.43. The maximum atomic E-state index is 4.00. The van der Waals surface area contributed by atoms with Crippen LogP contribution in [0.5, 0.6) is 0 Å². The van der Waals surface area contributed by atoms with E-state index in [2.05, 4.69) is 31.7 Å². The van der Waals surface area contributed by atoms with Crippen molar-refractivity contribution >= 4 is 0 Å². The van der Waals surface area contributed by atoms with Crippen molar-refractivity contribution in [3.05, 3.63) is 0 Å². The molecule has 1 rings (SSSR count). The lowest BCUT2D eigenvalue weighted by Gasteiger charge is -2.03. The summed E-state index contributed by atoms with van der Waals surface area (Å²) >= 11 is 0. The molecular formula is C10H21N. The van der Waals surface area contributed by atoms with Crippen LogP contribution in [0.25, 0.3) is 0 Å². The Balaban J connectivity index is 0. The van der Waals surface area contributed by atoms with Crippen LogP contribution in [0.4, 0.5) is 0 Å². The van der Waals surface area contributed by atoms with Crippen molar-refractivity contribution in [2.75, 3.05) is 20.1 Å². The van der Waals surface area contributed by atoms with Crippen molar-refractivity contribution in [2.45, 2.75) is 27.2 Å². The summed E-state index contributed by atoms with van der Waals surface area (Å²) < 4.78 is 0. The predicted molar refractivity (Wildman–Crippen MR) is 52.5 cm³/mol. The van der Waals surface area contributed by atoms with Crippen molar-refractivity contribution < 1.29 is 0 Å². The van der Waals surface area contributed by atoms with Gasteiger partial charge in [-0.1, -0.05) is 20.8 Å². The molecule has 0 radical (unpaired) electrons. The second kappa shape index (κ2) is 9.52. The first-order valence-corrected chi connectivity index (χ1v) is 4.31. The molecular weight excluding hydrogens is 134 g/mol. The van der Waals surface area contributed by atoms with Crippen LogP contribution >= 0.6 is 0 Å². The molecule has 66 valence electrons. The van der Waals surface area contributed by atoms with Crippen molar-refractivity contribution in [1.29, 1.82) is 0 Å². The van der Waals surface area contributed by atoms with Gasteiger partial charge in [0.15, 0.2) is 0 Å². The van der Waals surface area contributed by atoms with Crippen LogP contribution in [0.3, 0.4) is 0 Å². The fourth-order valence-corrected chi connectivity index (χ4v) is 1.16. The third kappa shape index (κ3) is 7.42. The molecule has 0 N–H and O–H groups in total. The summed E-state index contributed by atoms with van der Waals surface area (Å²) in [6.45, 7) is 8.92. The van der Waals surface area contributed by atoms with E-state index in [1.54, 1.807) is 0 Å². The third-order valence-electron chi connectivity index (χ3n) is 1.63. The molecule has 1 aliphatic rings. The van der Waals surface area contributed by atoms with Gasteiger partial charge in [-0.25, -0.2) is 0 Å². The molecule has 0 aromatic heterocycles.